The van der Waals surface area contributed by atoms with Crippen LogP contribution in [0, 0.1) is 10.1 Å². The molecule has 1 N–H and O–H groups in total. The van der Waals surface area contributed by atoms with Crippen LogP contribution in [-0.4, -0.2) is 23.3 Å². The number of rotatable bonds is 6. The molecule has 0 saturated carbocycles. The average molecular weight is 388 g/mol. The number of para-hydroxylation sites is 2. The number of ether oxygens (including phenoxy) is 1. The molecule has 2 aromatic rings. The van der Waals surface area contributed by atoms with Crippen LogP contribution in [0.2, 0.25) is 0 Å². The molecule has 1 aliphatic heterocycles. The van der Waals surface area contributed by atoms with E-state index in [1.54, 1.807) is 24.3 Å². The molecule has 138 valence electrons. The molecule has 0 saturated heterocycles. The molecule has 3 rings (SSSR count). The van der Waals surface area contributed by atoms with Crippen LogP contribution in [0.4, 0.5) is 17.1 Å². The lowest BCUT2D eigenvalue weighted by atomic mass is 10.2. The fourth-order valence-corrected chi connectivity index (χ4v) is 2.79. The maximum Gasteiger partial charge on any atom is 0.283 e. The number of nitro benzene ring substituents is 1. The Labute approximate surface area is 159 Å². The first-order chi connectivity index (χ1) is 12.9. The zero-order chi connectivity index (χ0) is 19.6. The van der Waals surface area contributed by atoms with E-state index in [-0.39, 0.29) is 22.1 Å². The molecular weight excluding hydrogens is 374 g/mol. The largest absolute Gasteiger partial charge is 0.492 e. The Balaban J connectivity index is 1.93. The van der Waals surface area contributed by atoms with Crippen molar-refractivity contribution >= 4 is 40.5 Å². The van der Waals surface area contributed by atoms with E-state index in [0.29, 0.717) is 18.0 Å². The maximum atomic E-state index is 12.8. The van der Waals surface area contributed by atoms with Crippen molar-refractivity contribution < 1.29 is 19.2 Å². The Morgan fingerprint density at radius 1 is 1.15 bits per heavy atom. The van der Waals surface area contributed by atoms with Gasteiger partial charge in [-0.3, -0.25) is 19.7 Å². The lowest BCUT2D eigenvalue weighted by molar-refractivity contribution is -0.384. The molecule has 0 atom stereocenters. The van der Waals surface area contributed by atoms with Gasteiger partial charge < -0.3 is 10.1 Å². The van der Waals surface area contributed by atoms with Crippen LogP contribution in [0.3, 0.4) is 0 Å². The molecule has 1 aliphatic rings. The Morgan fingerprint density at radius 2 is 1.89 bits per heavy atom. The Hall–Kier alpha value is -3.39. The maximum absolute atomic E-state index is 12.8. The van der Waals surface area contributed by atoms with E-state index in [4.69, 9.17) is 16.3 Å². The summed E-state index contributed by atoms with van der Waals surface area (Å²) in [5, 5.41) is 13.5. The number of anilines is 2. The molecule has 0 unspecified atom stereocenters. The van der Waals surface area contributed by atoms with Gasteiger partial charge in [0.1, 0.15) is 16.5 Å². The molecule has 0 bridgehead atoms. The SMILES string of the molecule is CCOc1ccccc1NC1=C(Cl)C(=O)N(c2cccc([N+](=O)[O-])c2)C1=O. The highest BCUT2D eigenvalue weighted by molar-refractivity contribution is 6.53. The number of halogens is 1. The lowest BCUT2D eigenvalue weighted by Gasteiger charge is -2.15. The number of hydrogen-bond donors (Lipinski definition) is 1. The Morgan fingerprint density at radius 3 is 2.59 bits per heavy atom. The van der Waals surface area contributed by atoms with Gasteiger partial charge in [-0.1, -0.05) is 29.8 Å². The fourth-order valence-electron chi connectivity index (χ4n) is 2.58. The van der Waals surface area contributed by atoms with Gasteiger partial charge in [0.15, 0.2) is 0 Å². The molecule has 0 radical (unpaired) electrons. The minimum absolute atomic E-state index is 0.0623. The van der Waals surface area contributed by atoms with Crippen LogP contribution in [0.1, 0.15) is 6.92 Å². The zero-order valence-electron chi connectivity index (χ0n) is 14.1. The summed E-state index contributed by atoms with van der Waals surface area (Å²) in [6.45, 7) is 2.23. The number of amides is 2. The highest BCUT2D eigenvalue weighted by Gasteiger charge is 2.39. The second-order valence-corrected chi connectivity index (χ2v) is 5.84. The Kier molecular flexibility index (Phi) is 5.09. The summed E-state index contributed by atoms with van der Waals surface area (Å²) in [6, 6.07) is 12.1. The van der Waals surface area contributed by atoms with Gasteiger partial charge in [0.2, 0.25) is 0 Å². The smallest absolute Gasteiger partial charge is 0.283 e. The second kappa shape index (κ2) is 7.46. The predicted octanol–water partition coefficient (Wildman–Crippen LogP) is 3.43. The minimum atomic E-state index is -0.765. The van der Waals surface area contributed by atoms with Gasteiger partial charge in [0, 0.05) is 12.1 Å². The Bertz CT molecular complexity index is 973. The molecule has 0 fully saturated rings. The molecule has 9 heteroatoms. The van der Waals surface area contributed by atoms with Gasteiger partial charge in [-0.2, -0.15) is 0 Å². The highest BCUT2D eigenvalue weighted by atomic mass is 35.5. The van der Waals surface area contributed by atoms with Crippen molar-refractivity contribution in [3.63, 3.8) is 0 Å². The lowest BCUT2D eigenvalue weighted by Crippen LogP contribution is -2.32. The normalized spacial score (nSPS) is 13.9. The number of carbonyl (C=O) groups excluding carboxylic acids is 2. The van der Waals surface area contributed by atoms with Gasteiger partial charge in [0.25, 0.3) is 17.5 Å². The number of imide groups is 1. The number of nitrogens with one attached hydrogen (secondary N) is 1. The number of nitrogens with zero attached hydrogens (tertiary/aromatic N) is 2. The van der Waals surface area contributed by atoms with E-state index in [0.717, 1.165) is 11.0 Å². The van der Waals surface area contributed by atoms with Gasteiger partial charge in [-0.05, 0) is 25.1 Å². The van der Waals surface area contributed by atoms with Crippen LogP contribution in [0.5, 0.6) is 5.75 Å². The molecule has 0 aromatic heterocycles. The van der Waals surface area contributed by atoms with E-state index >= 15 is 0 Å². The first-order valence-corrected chi connectivity index (χ1v) is 8.33. The molecule has 2 aromatic carbocycles. The summed E-state index contributed by atoms with van der Waals surface area (Å²) in [4.78, 5) is 36.4. The van der Waals surface area contributed by atoms with Crippen LogP contribution >= 0.6 is 11.6 Å². The second-order valence-electron chi connectivity index (χ2n) is 5.47. The van der Waals surface area contributed by atoms with Crippen LogP contribution in [-0.2, 0) is 9.59 Å². The number of benzene rings is 2. The number of non-ortho nitro benzene ring substituents is 1. The predicted molar refractivity (Wildman–Crippen MR) is 99.7 cm³/mol. The van der Waals surface area contributed by atoms with Gasteiger partial charge in [0.05, 0.1) is 22.9 Å². The van der Waals surface area contributed by atoms with E-state index in [2.05, 4.69) is 5.32 Å². The van der Waals surface area contributed by atoms with Gasteiger partial charge in [-0.15, -0.1) is 0 Å². The van der Waals surface area contributed by atoms with Crippen molar-refractivity contribution in [2.75, 3.05) is 16.8 Å². The fraction of sp³-hybridized carbons (Fsp3) is 0.111. The van der Waals surface area contributed by atoms with Crippen LogP contribution < -0.4 is 15.0 Å². The van der Waals surface area contributed by atoms with E-state index in [1.165, 1.54) is 18.2 Å². The summed E-state index contributed by atoms with van der Waals surface area (Å²) >= 11 is 6.08. The first-order valence-electron chi connectivity index (χ1n) is 7.96. The van der Waals surface area contributed by atoms with E-state index < -0.39 is 16.7 Å². The third-order valence-electron chi connectivity index (χ3n) is 3.77. The van der Waals surface area contributed by atoms with E-state index in [1.807, 2.05) is 6.92 Å². The third kappa shape index (κ3) is 3.47. The van der Waals surface area contributed by atoms with Crippen LogP contribution in [0.25, 0.3) is 0 Å². The standard InChI is InChI=1S/C18H14ClN3O5/c1-2-27-14-9-4-3-8-13(14)20-16-15(19)17(23)21(18(16)24)11-6-5-7-12(10-11)22(25)26/h3-10,20H,2H2,1H3. The highest BCUT2D eigenvalue weighted by Crippen LogP contribution is 2.33. The van der Waals surface area contributed by atoms with Crippen LogP contribution in [0.15, 0.2) is 59.3 Å². The number of nitro groups is 1. The van der Waals surface area contributed by atoms with Gasteiger partial charge >= 0.3 is 0 Å². The summed E-state index contributed by atoms with van der Waals surface area (Å²) < 4.78 is 5.49. The molecule has 1 heterocycles. The first kappa shape index (κ1) is 18.4. The monoisotopic (exact) mass is 387 g/mol. The zero-order valence-corrected chi connectivity index (χ0v) is 14.9. The third-order valence-corrected chi connectivity index (χ3v) is 4.12. The number of hydrogen-bond acceptors (Lipinski definition) is 6. The molecule has 8 nitrogen and oxygen atoms in total. The molecule has 27 heavy (non-hydrogen) atoms. The average Bonchev–Trinajstić information content (AvgIpc) is 2.87. The van der Waals surface area contributed by atoms with E-state index in [9.17, 15) is 19.7 Å². The topological polar surface area (TPSA) is 102 Å². The summed E-state index contributed by atoms with van der Waals surface area (Å²) in [6.07, 6.45) is 0. The molecule has 2 amide bonds. The molecular formula is C18H14ClN3O5. The van der Waals surface area contributed by atoms with Crippen molar-refractivity contribution in [2.24, 2.45) is 0 Å². The minimum Gasteiger partial charge on any atom is -0.492 e. The van der Waals surface area contributed by atoms with Crippen molar-refractivity contribution in [2.45, 2.75) is 6.92 Å². The van der Waals surface area contributed by atoms with Crippen molar-refractivity contribution in [1.29, 1.82) is 0 Å². The van der Waals surface area contributed by atoms with Crippen molar-refractivity contribution in [1.82, 2.24) is 0 Å². The number of carbonyl (C=O) groups is 2. The van der Waals surface area contributed by atoms with Gasteiger partial charge in [-0.25, -0.2) is 4.90 Å². The van der Waals surface area contributed by atoms with Crippen molar-refractivity contribution in [3.05, 3.63) is 69.4 Å². The summed E-state index contributed by atoms with van der Waals surface area (Å²) in [5.41, 5.74) is 0.162. The summed E-state index contributed by atoms with van der Waals surface area (Å²) in [7, 11) is 0. The quantitative estimate of drug-likeness (QED) is 0.463. The van der Waals surface area contributed by atoms with Crippen molar-refractivity contribution in [3.8, 4) is 5.75 Å². The summed E-state index contributed by atoms with van der Waals surface area (Å²) in [5.74, 6) is -0.985. The molecule has 0 aliphatic carbocycles. The molecule has 0 spiro atoms.